The number of fused-ring (bicyclic) bond motifs is 1. The number of carbonyl (C=O) groups is 1. The molecular weight excluding hydrogens is 409 g/mol. The minimum atomic E-state index is -0.687. The molecule has 0 unspecified atom stereocenters. The van der Waals surface area contributed by atoms with Crippen LogP contribution in [-0.4, -0.2) is 35.8 Å². The van der Waals surface area contributed by atoms with E-state index in [9.17, 15) is 14.0 Å². The lowest BCUT2D eigenvalue weighted by Gasteiger charge is -2.37. The lowest BCUT2D eigenvalue weighted by atomic mass is 10.1. The number of ether oxygens (including phenoxy) is 1. The molecule has 0 radical (unpaired) electrons. The van der Waals surface area contributed by atoms with Gasteiger partial charge in [0.25, 0.3) is 5.56 Å². The van der Waals surface area contributed by atoms with E-state index in [2.05, 4.69) is 5.32 Å². The highest BCUT2D eigenvalue weighted by Gasteiger charge is 2.24. The van der Waals surface area contributed by atoms with Gasteiger partial charge in [0.2, 0.25) is 5.91 Å². The maximum Gasteiger partial charge on any atom is 0.259 e. The van der Waals surface area contributed by atoms with Crippen molar-refractivity contribution in [2.75, 3.05) is 18.0 Å². The number of halogens is 1. The highest BCUT2D eigenvalue weighted by molar-refractivity contribution is 5.83. The Labute approximate surface area is 186 Å². The second-order valence-corrected chi connectivity index (χ2v) is 8.46. The molecular formula is C25H28FN3O3. The lowest BCUT2D eigenvalue weighted by molar-refractivity contribution is -0.124. The number of carbonyl (C=O) groups excluding carboxylic acids is 1. The van der Waals surface area contributed by atoms with E-state index >= 15 is 0 Å². The molecule has 1 aromatic heterocycles. The zero-order valence-corrected chi connectivity index (χ0v) is 18.5. The van der Waals surface area contributed by atoms with Crippen LogP contribution in [0, 0.1) is 5.82 Å². The average Bonchev–Trinajstić information content (AvgIpc) is 2.77. The summed E-state index contributed by atoms with van der Waals surface area (Å²) < 4.78 is 21.9. The number of hydrogen-bond donors (Lipinski definition) is 1. The van der Waals surface area contributed by atoms with E-state index in [1.54, 1.807) is 31.3 Å². The Morgan fingerprint density at radius 1 is 1.16 bits per heavy atom. The Morgan fingerprint density at radius 3 is 2.59 bits per heavy atom. The van der Waals surface area contributed by atoms with Gasteiger partial charge in [-0.05, 0) is 56.0 Å². The quantitative estimate of drug-likeness (QED) is 0.662. The molecule has 1 aliphatic heterocycles. The minimum Gasteiger partial charge on any atom is -0.372 e. The predicted octanol–water partition coefficient (Wildman–Crippen LogP) is 3.63. The molecule has 3 aromatic rings. The molecule has 0 spiro atoms. The van der Waals surface area contributed by atoms with Crippen LogP contribution in [0.4, 0.5) is 10.1 Å². The van der Waals surface area contributed by atoms with Crippen LogP contribution >= 0.6 is 0 Å². The third-order valence-electron chi connectivity index (χ3n) is 5.88. The number of rotatable bonds is 5. The van der Waals surface area contributed by atoms with Gasteiger partial charge in [-0.25, -0.2) is 4.39 Å². The highest BCUT2D eigenvalue weighted by atomic mass is 19.1. The first kappa shape index (κ1) is 22.0. The van der Waals surface area contributed by atoms with Crippen LogP contribution in [0.2, 0.25) is 0 Å². The molecule has 168 valence electrons. The van der Waals surface area contributed by atoms with Crippen molar-refractivity contribution in [2.45, 2.75) is 45.6 Å². The number of amides is 1. The van der Waals surface area contributed by atoms with E-state index in [1.807, 2.05) is 43.0 Å². The van der Waals surface area contributed by atoms with E-state index < -0.39 is 6.04 Å². The van der Waals surface area contributed by atoms with Gasteiger partial charge in [0.1, 0.15) is 11.9 Å². The zero-order valence-electron chi connectivity index (χ0n) is 18.5. The molecule has 0 aliphatic carbocycles. The molecule has 32 heavy (non-hydrogen) atoms. The van der Waals surface area contributed by atoms with Gasteiger partial charge in [-0.3, -0.25) is 9.59 Å². The Kier molecular flexibility index (Phi) is 6.28. The Hall–Kier alpha value is -3.19. The van der Waals surface area contributed by atoms with Gasteiger partial charge < -0.3 is 19.5 Å². The molecule has 4 rings (SSSR count). The molecule has 1 amide bonds. The monoisotopic (exact) mass is 437 g/mol. The highest BCUT2D eigenvalue weighted by Crippen LogP contribution is 2.24. The van der Waals surface area contributed by atoms with Crippen molar-refractivity contribution in [1.82, 2.24) is 9.88 Å². The number of hydrogen-bond acceptors (Lipinski definition) is 4. The number of aromatic nitrogens is 1. The fourth-order valence-corrected chi connectivity index (χ4v) is 4.26. The van der Waals surface area contributed by atoms with E-state index in [-0.39, 0.29) is 36.0 Å². The molecule has 7 heteroatoms. The van der Waals surface area contributed by atoms with Gasteiger partial charge in [0.15, 0.2) is 0 Å². The summed E-state index contributed by atoms with van der Waals surface area (Å²) in [6.45, 7) is 7.08. The molecule has 1 N–H and O–H groups in total. The molecule has 1 saturated heterocycles. The van der Waals surface area contributed by atoms with E-state index in [4.69, 9.17) is 4.74 Å². The molecule has 1 aliphatic rings. The maximum atomic E-state index is 14.8. The van der Waals surface area contributed by atoms with Crippen molar-refractivity contribution in [3.63, 3.8) is 0 Å². The van der Waals surface area contributed by atoms with Crippen LogP contribution < -0.4 is 15.8 Å². The number of morpholine rings is 1. The van der Waals surface area contributed by atoms with E-state index in [0.717, 1.165) is 5.39 Å². The first-order valence-corrected chi connectivity index (χ1v) is 10.9. The number of nitrogens with one attached hydrogen (secondary N) is 1. The number of benzene rings is 2. The average molecular weight is 438 g/mol. The maximum absolute atomic E-state index is 14.8. The van der Waals surface area contributed by atoms with Crippen molar-refractivity contribution in [3.05, 3.63) is 76.5 Å². The topological polar surface area (TPSA) is 63.6 Å². The Bertz CT molecular complexity index is 1180. The van der Waals surface area contributed by atoms with Gasteiger partial charge in [0.05, 0.1) is 17.9 Å². The van der Waals surface area contributed by atoms with Crippen molar-refractivity contribution in [3.8, 4) is 0 Å². The third kappa shape index (κ3) is 4.53. The molecule has 1 fully saturated rings. The Morgan fingerprint density at radius 2 is 1.88 bits per heavy atom. The van der Waals surface area contributed by atoms with Crippen LogP contribution in [-0.2, 0) is 16.1 Å². The number of pyridine rings is 1. The minimum absolute atomic E-state index is 0.0390. The van der Waals surface area contributed by atoms with Crippen LogP contribution in [0.1, 0.15) is 32.4 Å². The van der Waals surface area contributed by atoms with Gasteiger partial charge in [-0.15, -0.1) is 0 Å². The fourth-order valence-electron chi connectivity index (χ4n) is 4.26. The van der Waals surface area contributed by atoms with Crippen LogP contribution in [0.15, 0.2) is 59.5 Å². The normalized spacial score (nSPS) is 19.7. The molecule has 2 heterocycles. The summed E-state index contributed by atoms with van der Waals surface area (Å²) >= 11 is 0. The molecule has 2 aromatic carbocycles. The second-order valence-electron chi connectivity index (χ2n) is 8.46. The standard InChI is InChI=1S/C25H28FN3O3/c1-16-14-28(15-17(2)32-16)23-9-8-19(12-22(23)26)13-27-24(30)18(3)29-11-10-20-6-4-5-7-21(20)25(29)31/h4-12,16-18H,13-15H2,1-3H3,(H,27,30)/t16-,17+,18-/m0/s1. The third-order valence-corrected chi connectivity index (χ3v) is 5.88. The van der Waals surface area contributed by atoms with Crippen molar-refractivity contribution < 1.29 is 13.9 Å². The summed E-state index contributed by atoms with van der Waals surface area (Å²) in [6.07, 6.45) is 1.71. The number of nitrogens with zero attached hydrogens (tertiary/aromatic N) is 2. The van der Waals surface area contributed by atoms with Gasteiger partial charge in [-0.2, -0.15) is 0 Å². The lowest BCUT2D eigenvalue weighted by Crippen LogP contribution is -2.45. The largest absolute Gasteiger partial charge is 0.372 e. The first-order chi connectivity index (χ1) is 15.3. The summed E-state index contributed by atoms with van der Waals surface area (Å²) in [6, 6.07) is 13.4. The molecule has 0 saturated carbocycles. The van der Waals surface area contributed by atoms with Crippen LogP contribution in [0.3, 0.4) is 0 Å². The van der Waals surface area contributed by atoms with Crippen LogP contribution in [0.5, 0.6) is 0 Å². The SMILES string of the molecule is C[C@@H]1CN(c2ccc(CNC(=O)[C@H](C)n3ccc4ccccc4c3=O)cc2F)C[C@H](C)O1. The summed E-state index contributed by atoms with van der Waals surface area (Å²) in [5.41, 5.74) is 0.986. The van der Waals surface area contributed by atoms with E-state index in [1.165, 1.54) is 10.6 Å². The molecule has 0 bridgehead atoms. The second kappa shape index (κ2) is 9.12. The van der Waals surface area contributed by atoms with E-state index in [0.29, 0.717) is 29.7 Å². The first-order valence-electron chi connectivity index (χ1n) is 10.9. The Balaban J connectivity index is 1.43. The van der Waals surface area contributed by atoms with Crippen molar-refractivity contribution in [1.29, 1.82) is 0 Å². The van der Waals surface area contributed by atoms with Gasteiger partial charge >= 0.3 is 0 Å². The van der Waals surface area contributed by atoms with Gasteiger partial charge in [-0.1, -0.05) is 24.3 Å². The van der Waals surface area contributed by atoms with Crippen molar-refractivity contribution in [2.24, 2.45) is 0 Å². The fraction of sp³-hybridized carbons (Fsp3) is 0.360. The summed E-state index contributed by atoms with van der Waals surface area (Å²) in [7, 11) is 0. The zero-order chi connectivity index (χ0) is 22.8. The predicted molar refractivity (Wildman–Crippen MR) is 123 cm³/mol. The van der Waals surface area contributed by atoms with Crippen molar-refractivity contribution >= 4 is 22.4 Å². The summed E-state index contributed by atoms with van der Waals surface area (Å²) in [5.74, 6) is -0.625. The summed E-state index contributed by atoms with van der Waals surface area (Å²) in [4.78, 5) is 27.4. The van der Waals surface area contributed by atoms with Crippen LogP contribution in [0.25, 0.3) is 10.8 Å². The smallest absolute Gasteiger partial charge is 0.259 e. The molecule has 6 nitrogen and oxygen atoms in total. The number of anilines is 1. The summed E-state index contributed by atoms with van der Waals surface area (Å²) in [5, 5.41) is 4.22. The van der Waals surface area contributed by atoms with Gasteiger partial charge in [0, 0.05) is 31.2 Å². The molecule has 3 atom stereocenters.